The third-order valence-electron chi connectivity index (χ3n) is 5.12. The van der Waals surface area contributed by atoms with E-state index in [0.29, 0.717) is 12.6 Å². The lowest BCUT2D eigenvalue weighted by Gasteiger charge is -2.42. The summed E-state index contributed by atoms with van der Waals surface area (Å²) in [5.41, 5.74) is 0. The fourth-order valence-corrected chi connectivity index (χ4v) is 3.50. The van der Waals surface area contributed by atoms with Crippen molar-refractivity contribution >= 4 is 5.82 Å². The molecule has 2 aliphatic heterocycles. The zero-order valence-corrected chi connectivity index (χ0v) is 15.2. The number of anilines is 1. The second-order valence-corrected chi connectivity index (χ2v) is 6.85. The number of pyridine rings is 1. The summed E-state index contributed by atoms with van der Waals surface area (Å²) in [5, 5.41) is 3.42. The number of aromatic nitrogens is 1. The highest BCUT2D eigenvalue weighted by molar-refractivity contribution is 5.40. The molecule has 1 N–H and O–H groups in total. The van der Waals surface area contributed by atoms with Gasteiger partial charge in [-0.1, -0.05) is 18.2 Å². The van der Waals surface area contributed by atoms with Crippen LogP contribution >= 0.6 is 0 Å². The van der Waals surface area contributed by atoms with Gasteiger partial charge in [-0.15, -0.1) is 0 Å². The van der Waals surface area contributed by atoms with Gasteiger partial charge in [-0.2, -0.15) is 0 Å². The molecule has 1 unspecified atom stereocenters. The maximum absolute atomic E-state index is 6.13. The van der Waals surface area contributed by atoms with Crippen LogP contribution < -0.4 is 14.8 Å². The second kappa shape index (κ2) is 7.93. The molecule has 0 spiro atoms. The van der Waals surface area contributed by atoms with Crippen molar-refractivity contribution in [1.29, 1.82) is 0 Å². The van der Waals surface area contributed by atoms with Gasteiger partial charge in [-0.3, -0.25) is 9.80 Å². The molecule has 6 nitrogen and oxygen atoms in total. The van der Waals surface area contributed by atoms with Crippen LogP contribution in [0, 0.1) is 0 Å². The third kappa shape index (κ3) is 3.92. The Balaban J connectivity index is 1.25. The monoisotopic (exact) mass is 354 g/mol. The summed E-state index contributed by atoms with van der Waals surface area (Å²) < 4.78 is 12.0. The predicted molar refractivity (Wildman–Crippen MR) is 102 cm³/mol. The van der Waals surface area contributed by atoms with E-state index < -0.39 is 0 Å². The molecule has 0 aliphatic carbocycles. The van der Waals surface area contributed by atoms with Gasteiger partial charge in [0.15, 0.2) is 17.7 Å². The summed E-state index contributed by atoms with van der Waals surface area (Å²) in [6.07, 6.45) is 1.82. The summed E-state index contributed by atoms with van der Waals surface area (Å²) in [6.45, 7) is 7.80. The Morgan fingerprint density at radius 1 is 1.08 bits per heavy atom. The van der Waals surface area contributed by atoms with E-state index in [4.69, 9.17) is 9.47 Å². The second-order valence-electron chi connectivity index (χ2n) is 6.85. The Bertz CT molecular complexity index is 704. The smallest absolute Gasteiger partial charge is 0.187 e. The van der Waals surface area contributed by atoms with Crippen LogP contribution in [0.3, 0.4) is 0 Å². The van der Waals surface area contributed by atoms with E-state index in [9.17, 15) is 0 Å². The van der Waals surface area contributed by atoms with E-state index in [1.54, 1.807) is 0 Å². The molecule has 2 atom stereocenters. The van der Waals surface area contributed by atoms with Crippen LogP contribution in [0.2, 0.25) is 0 Å². The van der Waals surface area contributed by atoms with E-state index >= 15 is 0 Å². The van der Waals surface area contributed by atoms with E-state index in [0.717, 1.165) is 50.0 Å². The van der Waals surface area contributed by atoms with E-state index in [-0.39, 0.29) is 6.23 Å². The molecule has 2 aromatic rings. The molecule has 26 heavy (non-hydrogen) atoms. The quantitative estimate of drug-likeness (QED) is 0.889. The Hall–Kier alpha value is -2.31. The lowest BCUT2D eigenvalue weighted by Crippen LogP contribution is -2.56. The number of piperazine rings is 1. The number of rotatable bonds is 5. The minimum absolute atomic E-state index is 0.00833. The van der Waals surface area contributed by atoms with Crippen molar-refractivity contribution < 1.29 is 9.47 Å². The number of para-hydroxylation sites is 2. The first-order valence-electron chi connectivity index (χ1n) is 9.31. The summed E-state index contributed by atoms with van der Waals surface area (Å²) in [5.74, 6) is 2.63. The highest BCUT2D eigenvalue weighted by Crippen LogP contribution is 2.31. The molecular weight excluding hydrogens is 328 g/mol. The first-order chi connectivity index (χ1) is 12.8. The Kier molecular flexibility index (Phi) is 5.22. The van der Waals surface area contributed by atoms with Crippen molar-refractivity contribution in [3.63, 3.8) is 0 Å². The van der Waals surface area contributed by atoms with Crippen LogP contribution in [0.5, 0.6) is 11.5 Å². The van der Waals surface area contributed by atoms with Crippen molar-refractivity contribution in [1.82, 2.24) is 14.8 Å². The molecule has 2 aliphatic rings. The lowest BCUT2D eigenvalue weighted by atomic mass is 10.2. The van der Waals surface area contributed by atoms with Crippen LogP contribution in [0.15, 0.2) is 48.7 Å². The minimum atomic E-state index is 0.00833. The van der Waals surface area contributed by atoms with Crippen molar-refractivity contribution in [2.24, 2.45) is 0 Å². The highest BCUT2D eigenvalue weighted by Gasteiger charge is 2.30. The normalized spacial score (nSPS) is 22.0. The molecule has 1 aromatic heterocycles. The zero-order valence-electron chi connectivity index (χ0n) is 15.2. The standard InChI is InChI=1S/C20H26N4O2/c1-16(14-22-19-8-4-5-9-21-19)23-10-12-24(13-11-23)20-15-25-17-6-2-3-7-18(17)26-20/h2-9,16,20H,10-15H2,1H3,(H,21,22)/t16-,20?/m1/s1. The number of fused-ring (bicyclic) bond motifs is 1. The van der Waals surface area contributed by atoms with Gasteiger partial charge in [0.25, 0.3) is 0 Å². The van der Waals surface area contributed by atoms with Crippen LogP contribution in [0.1, 0.15) is 6.92 Å². The van der Waals surface area contributed by atoms with Crippen LogP contribution in [0.25, 0.3) is 0 Å². The lowest BCUT2D eigenvalue weighted by molar-refractivity contribution is -0.0528. The molecule has 138 valence electrons. The van der Waals surface area contributed by atoms with Gasteiger partial charge in [-0.25, -0.2) is 4.98 Å². The van der Waals surface area contributed by atoms with Gasteiger partial charge in [0.1, 0.15) is 12.4 Å². The predicted octanol–water partition coefficient (Wildman–Crippen LogP) is 2.30. The molecule has 0 radical (unpaired) electrons. The Morgan fingerprint density at radius 2 is 1.85 bits per heavy atom. The first kappa shape index (κ1) is 17.1. The molecule has 1 saturated heterocycles. The van der Waals surface area contributed by atoms with Gasteiger partial charge < -0.3 is 14.8 Å². The molecule has 4 rings (SSSR count). The molecule has 3 heterocycles. The fraction of sp³-hybridized carbons (Fsp3) is 0.450. The number of benzene rings is 1. The largest absolute Gasteiger partial charge is 0.484 e. The molecule has 1 fully saturated rings. The van der Waals surface area contributed by atoms with E-state index in [2.05, 4.69) is 27.0 Å². The van der Waals surface area contributed by atoms with Crippen molar-refractivity contribution in [2.75, 3.05) is 44.6 Å². The molecular formula is C20H26N4O2. The fourth-order valence-electron chi connectivity index (χ4n) is 3.50. The molecule has 1 aromatic carbocycles. The van der Waals surface area contributed by atoms with Gasteiger partial charge >= 0.3 is 0 Å². The van der Waals surface area contributed by atoms with Gasteiger partial charge in [0, 0.05) is 45.0 Å². The highest BCUT2D eigenvalue weighted by atomic mass is 16.6. The Morgan fingerprint density at radius 3 is 2.62 bits per heavy atom. The van der Waals surface area contributed by atoms with E-state index in [1.165, 1.54) is 0 Å². The van der Waals surface area contributed by atoms with Crippen LogP contribution in [0.4, 0.5) is 5.82 Å². The maximum Gasteiger partial charge on any atom is 0.187 e. The van der Waals surface area contributed by atoms with Gasteiger partial charge in [0.05, 0.1) is 0 Å². The third-order valence-corrected chi connectivity index (χ3v) is 5.12. The molecule has 0 bridgehead atoms. The van der Waals surface area contributed by atoms with Crippen molar-refractivity contribution in [3.05, 3.63) is 48.7 Å². The maximum atomic E-state index is 6.13. The first-order valence-corrected chi connectivity index (χ1v) is 9.31. The number of ether oxygens (including phenoxy) is 2. The summed E-state index contributed by atoms with van der Waals surface area (Å²) >= 11 is 0. The number of nitrogens with one attached hydrogen (secondary N) is 1. The summed E-state index contributed by atoms with van der Waals surface area (Å²) in [7, 11) is 0. The SMILES string of the molecule is C[C@H](CNc1ccccn1)N1CCN(C2COc3ccccc3O2)CC1. The molecule has 0 saturated carbocycles. The average molecular weight is 354 g/mol. The van der Waals surface area contributed by atoms with Crippen LogP contribution in [-0.4, -0.2) is 66.4 Å². The van der Waals surface area contributed by atoms with Gasteiger partial charge in [-0.05, 0) is 31.2 Å². The zero-order chi connectivity index (χ0) is 17.8. The molecule has 0 amide bonds. The van der Waals surface area contributed by atoms with Crippen molar-refractivity contribution in [3.8, 4) is 11.5 Å². The Labute approximate surface area is 154 Å². The average Bonchev–Trinajstić information content (AvgIpc) is 2.72. The number of nitrogens with zero attached hydrogens (tertiary/aromatic N) is 3. The van der Waals surface area contributed by atoms with Crippen molar-refractivity contribution in [2.45, 2.75) is 19.2 Å². The van der Waals surface area contributed by atoms with Crippen LogP contribution in [-0.2, 0) is 0 Å². The number of hydrogen-bond donors (Lipinski definition) is 1. The topological polar surface area (TPSA) is 49.9 Å². The summed E-state index contributed by atoms with van der Waals surface area (Å²) in [6, 6.07) is 14.3. The number of hydrogen-bond acceptors (Lipinski definition) is 6. The summed E-state index contributed by atoms with van der Waals surface area (Å²) in [4.78, 5) is 9.22. The minimum Gasteiger partial charge on any atom is -0.484 e. The van der Waals surface area contributed by atoms with Gasteiger partial charge in [0.2, 0.25) is 0 Å². The van der Waals surface area contributed by atoms with E-state index in [1.807, 2.05) is 48.7 Å². The molecule has 6 heteroatoms.